The summed E-state index contributed by atoms with van der Waals surface area (Å²) in [5.74, 6) is -1.42. The number of rotatable bonds is 3. The van der Waals surface area contributed by atoms with E-state index in [0.717, 1.165) is 11.3 Å². The molecule has 0 radical (unpaired) electrons. The summed E-state index contributed by atoms with van der Waals surface area (Å²) in [7, 11) is 0. The van der Waals surface area contributed by atoms with Crippen molar-refractivity contribution in [2.45, 2.75) is 25.6 Å². The second-order valence-electron chi connectivity index (χ2n) is 6.41. The highest BCUT2D eigenvalue weighted by Gasteiger charge is 2.67. The Hall–Kier alpha value is -2.14. The minimum absolute atomic E-state index is 0.0567. The Kier molecular flexibility index (Phi) is 3.10. The number of carbonyl (C=O) groups is 2. The van der Waals surface area contributed by atoms with Gasteiger partial charge in [0.15, 0.2) is 0 Å². The van der Waals surface area contributed by atoms with Gasteiger partial charge < -0.3 is 14.4 Å². The average Bonchev–Trinajstić information content (AvgIpc) is 3.17. The molecule has 1 aromatic carbocycles. The number of fused-ring (bicyclic) bond motifs is 1. The fourth-order valence-corrected chi connectivity index (χ4v) is 3.95. The SMILES string of the molecule is CCOC(=O)[C@H]1[C@@H]2C=C[C@]3(CN(c4ccc(C)cc4)C(=O)[C@H]13)O2. The second-order valence-corrected chi connectivity index (χ2v) is 6.41. The molecule has 1 aromatic rings. The molecular weight excluding hydrogens is 294 g/mol. The Morgan fingerprint density at radius 3 is 2.83 bits per heavy atom. The lowest BCUT2D eigenvalue weighted by atomic mass is 9.77. The predicted octanol–water partition coefficient (Wildman–Crippen LogP) is 1.84. The van der Waals surface area contributed by atoms with Gasteiger partial charge in [-0.15, -0.1) is 0 Å². The maximum absolute atomic E-state index is 13.0. The van der Waals surface area contributed by atoms with E-state index in [4.69, 9.17) is 9.47 Å². The molecule has 5 nitrogen and oxygen atoms in total. The molecule has 3 aliphatic heterocycles. The molecule has 3 heterocycles. The Bertz CT molecular complexity index is 695. The smallest absolute Gasteiger partial charge is 0.312 e. The first kappa shape index (κ1) is 14.5. The molecule has 0 aliphatic carbocycles. The van der Waals surface area contributed by atoms with Crippen LogP contribution in [0.25, 0.3) is 0 Å². The minimum atomic E-state index is -0.690. The summed E-state index contributed by atoms with van der Waals surface area (Å²) in [6, 6.07) is 7.82. The molecule has 120 valence electrons. The number of hydrogen-bond acceptors (Lipinski definition) is 4. The molecule has 1 amide bonds. The maximum Gasteiger partial charge on any atom is 0.312 e. The van der Waals surface area contributed by atoms with Crippen molar-refractivity contribution in [3.63, 3.8) is 0 Å². The van der Waals surface area contributed by atoms with Crippen LogP contribution >= 0.6 is 0 Å². The number of anilines is 1. The average molecular weight is 313 g/mol. The highest BCUT2D eigenvalue weighted by Crippen LogP contribution is 2.52. The molecule has 0 aromatic heterocycles. The Balaban J connectivity index is 1.68. The van der Waals surface area contributed by atoms with E-state index in [0.29, 0.717) is 13.2 Å². The molecule has 0 N–H and O–H groups in total. The van der Waals surface area contributed by atoms with Crippen molar-refractivity contribution in [1.82, 2.24) is 0 Å². The van der Waals surface area contributed by atoms with E-state index in [1.54, 1.807) is 11.8 Å². The molecule has 4 rings (SSSR count). The number of amides is 1. The zero-order chi connectivity index (χ0) is 16.2. The summed E-state index contributed by atoms with van der Waals surface area (Å²) in [6.45, 7) is 4.53. The maximum atomic E-state index is 13.0. The topological polar surface area (TPSA) is 55.8 Å². The normalized spacial score (nSPS) is 34.1. The van der Waals surface area contributed by atoms with Crippen LogP contribution in [0.2, 0.25) is 0 Å². The summed E-state index contributed by atoms with van der Waals surface area (Å²) >= 11 is 0. The molecule has 2 bridgehead atoms. The lowest BCUT2D eigenvalue weighted by molar-refractivity contribution is -0.151. The molecule has 0 unspecified atom stereocenters. The van der Waals surface area contributed by atoms with Crippen molar-refractivity contribution in [3.05, 3.63) is 42.0 Å². The van der Waals surface area contributed by atoms with E-state index in [9.17, 15) is 9.59 Å². The molecule has 23 heavy (non-hydrogen) atoms. The first-order valence-corrected chi connectivity index (χ1v) is 7.97. The van der Waals surface area contributed by atoms with Gasteiger partial charge in [0.25, 0.3) is 0 Å². The van der Waals surface area contributed by atoms with Crippen LogP contribution in [0, 0.1) is 18.8 Å². The van der Waals surface area contributed by atoms with Crippen LogP contribution in [0.15, 0.2) is 36.4 Å². The van der Waals surface area contributed by atoms with Crippen molar-refractivity contribution < 1.29 is 19.1 Å². The number of aryl methyl sites for hydroxylation is 1. The van der Waals surface area contributed by atoms with Gasteiger partial charge in [-0.3, -0.25) is 9.59 Å². The van der Waals surface area contributed by atoms with Gasteiger partial charge in [0.05, 0.1) is 25.2 Å². The van der Waals surface area contributed by atoms with Gasteiger partial charge in [0, 0.05) is 5.69 Å². The Morgan fingerprint density at radius 1 is 1.39 bits per heavy atom. The summed E-state index contributed by atoms with van der Waals surface area (Å²) in [5.41, 5.74) is 1.29. The van der Waals surface area contributed by atoms with E-state index in [2.05, 4.69) is 0 Å². The number of hydrogen-bond donors (Lipinski definition) is 0. The van der Waals surface area contributed by atoms with Crippen molar-refractivity contribution in [2.75, 3.05) is 18.1 Å². The molecular formula is C18H19NO4. The predicted molar refractivity (Wildman–Crippen MR) is 83.9 cm³/mol. The van der Waals surface area contributed by atoms with E-state index in [-0.39, 0.29) is 18.0 Å². The van der Waals surface area contributed by atoms with Crippen molar-refractivity contribution in [1.29, 1.82) is 0 Å². The van der Waals surface area contributed by atoms with Gasteiger partial charge in [-0.05, 0) is 26.0 Å². The number of nitrogens with zero attached hydrogens (tertiary/aromatic N) is 1. The van der Waals surface area contributed by atoms with Crippen molar-refractivity contribution in [3.8, 4) is 0 Å². The van der Waals surface area contributed by atoms with Crippen LogP contribution in [-0.4, -0.2) is 36.7 Å². The van der Waals surface area contributed by atoms with E-state index >= 15 is 0 Å². The van der Waals surface area contributed by atoms with Crippen LogP contribution in [0.3, 0.4) is 0 Å². The highest BCUT2D eigenvalue weighted by molar-refractivity contribution is 6.02. The van der Waals surface area contributed by atoms with Gasteiger partial charge >= 0.3 is 5.97 Å². The van der Waals surface area contributed by atoms with Crippen molar-refractivity contribution >= 4 is 17.6 Å². The number of ether oxygens (including phenoxy) is 2. The monoisotopic (exact) mass is 313 g/mol. The quantitative estimate of drug-likeness (QED) is 0.631. The zero-order valence-corrected chi connectivity index (χ0v) is 13.2. The summed E-state index contributed by atoms with van der Waals surface area (Å²) in [4.78, 5) is 27.0. The van der Waals surface area contributed by atoms with E-state index in [1.165, 1.54) is 0 Å². The third-order valence-electron chi connectivity index (χ3n) is 5.00. The first-order chi connectivity index (χ1) is 11.1. The van der Waals surface area contributed by atoms with Gasteiger partial charge in [-0.1, -0.05) is 29.8 Å². The van der Waals surface area contributed by atoms with Crippen LogP contribution in [0.4, 0.5) is 5.69 Å². The van der Waals surface area contributed by atoms with Gasteiger partial charge in [0.1, 0.15) is 11.5 Å². The van der Waals surface area contributed by atoms with E-state index in [1.807, 2.05) is 43.3 Å². The molecule has 4 atom stereocenters. The first-order valence-electron chi connectivity index (χ1n) is 7.97. The molecule has 2 saturated heterocycles. The van der Waals surface area contributed by atoms with Gasteiger partial charge in [0.2, 0.25) is 5.91 Å². The summed E-state index contributed by atoms with van der Waals surface area (Å²) in [6.07, 6.45) is 3.50. The number of benzene rings is 1. The molecule has 3 aliphatic rings. The van der Waals surface area contributed by atoms with Crippen LogP contribution < -0.4 is 4.90 Å². The third-order valence-corrected chi connectivity index (χ3v) is 5.00. The Labute approximate surface area is 134 Å². The summed E-state index contributed by atoms with van der Waals surface area (Å²) in [5, 5.41) is 0. The van der Waals surface area contributed by atoms with Crippen LogP contribution in [0.1, 0.15) is 12.5 Å². The Morgan fingerprint density at radius 2 is 2.13 bits per heavy atom. The molecule has 5 heteroatoms. The lowest BCUT2D eigenvalue weighted by Gasteiger charge is -2.22. The fraction of sp³-hybridized carbons (Fsp3) is 0.444. The molecule has 2 fully saturated rings. The largest absolute Gasteiger partial charge is 0.466 e. The lowest BCUT2D eigenvalue weighted by Crippen LogP contribution is -2.40. The van der Waals surface area contributed by atoms with E-state index < -0.39 is 17.4 Å². The minimum Gasteiger partial charge on any atom is -0.466 e. The number of carbonyl (C=O) groups excluding carboxylic acids is 2. The third kappa shape index (κ3) is 1.96. The highest BCUT2D eigenvalue weighted by atomic mass is 16.6. The van der Waals surface area contributed by atoms with Crippen LogP contribution in [0.5, 0.6) is 0 Å². The molecule has 0 saturated carbocycles. The standard InChI is InChI=1S/C18H19NO4/c1-3-22-17(21)14-13-8-9-18(23-13)10-19(16(20)15(14)18)12-6-4-11(2)5-7-12/h4-9,13-15H,3,10H2,1-2H3/t13-,14-,15-,18+/m0/s1. The fourth-order valence-electron chi connectivity index (χ4n) is 3.95. The van der Waals surface area contributed by atoms with Crippen LogP contribution in [-0.2, 0) is 19.1 Å². The van der Waals surface area contributed by atoms with Crippen molar-refractivity contribution in [2.24, 2.45) is 11.8 Å². The van der Waals surface area contributed by atoms with Gasteiger partial charge in [-0.2, -0.15) is 0 Å². The summed E-state index contributed by atoms with van der Waals surface area (Å²) < 4.78 is 11.2. The zero-order valence-electron chi connectivity index (χ0n) is 13.2. The van der Waals surface area contributed by atoms with Gasteiger partial charge in [-0.25, -0.2) is 0 Å². The second kappa shape index (κ2) is 4.93. The number of esters is 1. The molecule has 1 spiro atoms.